The lowest BCUT2D eigenvalue weighted by Gasteiger charge is -2.29. The number of carbonyl (C=O) groups excluding carboxylic acids is 4. The highest BCUT2D eigenvalue weighted by Crippen LogP contribution is 2.34. The maximum absolute atomic E-state index is 14.1. The lowest BCUT2D eigenvalue weighted by atomic mass is 9.75. The first kappa shape index (κ1) is 53.1. The van der Waals surface area contributed by atoms with Crippen LogP contribution in [0.25, 0.3) is 22.3 Å². The molecule has 17 heteroatoms. The summed E-state index contributed by atoms with van der Waals surface area (Å²) in [5.41, 5.74) is 4.66. The SMILES string of the molecule is CCN(CCOC(=O)C(CCC(=O)OCCOc1ccc(-c2ccc(C#N)cc2)cc1)(CCC(=O)OCCOc1ccc(-c2ccc(C#N)cc2)cc1)C(C)=O)c1ccc(/N=N/c2ccc([N+](=O)[O-])cc2)cc1. The summed E-state index contributed by atoms with van der Waals surface area (Å²) in [4.78, 5) is 66.2. The van der Waals surface area contributed by atoms with Gasteiger partial charge in [-0.05, 0) is 134 Å². The Morgan fingerprint density at radius 3 is 1.37 bits per heavy atom. The van der Waals surface area contributed by atoms with Crippen molar-refractivity contribution < 1.29 is 47.8 Å². The third-order valence-electron chi connectivity index (χ3n) is 11.7. The van der Waals surface area contributed by atoms with Crippen molar-refractivity contribution in [2.75, 3.05) is 51.0 Å². The van der Waals surface area contributed by atoms with E-state index in [9.17, 15) is 29.3 Å². The number of esters is 3. The highest BCUT2D eigenvalue weighted by Gasteiger charge is 2.45. The third kappa shape index (κ3) is 15.6. The minimum Gasteiger partial charge on any atom is -0.490 e. The fourth-order valence-electron chi connectivity index (χ4n) is 7.53. The van der Waals surface area contributed by atoms with Crippen LogP contribution < -0.4 is 14.4 Å². The molecule has 0 atom stereocenters. The Morgan fingerprint density at radius 2 is 0.986 bits per heavy atom. The van der Waals surface area contributed by atoms with Crippen molar-refractivity contribution in [1.29, 1.82) is 10.5 Å². The second kappa shape index (κ2) is 26.7. The Morgan fingerprint density at radius 1 is 0.575 bits per heavy atom. The summed E-state index contributed by atoms with van der Waals surface area (Å²) in [6.45, 7) is 3.61. The first-order chi connectivity index (χ1) is 35.4. The van der Waals surface area contributed by atoms with Gasteiger partial charge in [0.15, 0.2) is 0 Å². The molecule has 0 aliphatic carbocycles. The highest BCUT2D eigenvalue weighted by atomic mass is 16.6. The van der Waals surface area contributed by atoms with E-state index in [1.54, 1.807) is 60.7 Å². The van der Waals surface area contributed by atoms with Gasteiger partial charge >= 0.3 is 17.9 Å². The van der Waals surface area contributed by atoms with E-state index in [1.807, 2.05) is 72.5 Å². The van der Waals surface area contributed by atoms with Gasteiger partial charge in [-0.3, -0.25) is 29.3 Å². The molecule has 6 rings (SSSR count). The number of anilines is 1. The molecule has 0 aliphatic heterocycles. The Bertz CT molecular complexity index is 2810. The zero-order valence-corrected chi connectivity index (χ0v) is 40.3. The van der Waals surface area contributed by atoms with Gasteiger partial charge in [0.1, 0.15) is 55.7 Å². The molecule has 73 heavy (non-hydrogen) atoms. The van der Waals surface area contributed by atoms with Crippen molar-refractivity contribution in [3.63, 3.8) is 0 Å². The number of azo groups is 1. The van der Waals surface area contributed by atoms with E-state index < -0.39 is 34.0 Å². The number of nitro groups is 1. The predicted octanol–water partition coefficient (Wildman–Crippen LogP) is 10.8. The minimum absolute atomic E-state index is 0.0320. The van der Waals surface area contributed by atoms with Crippen LogP contribution in [0.1, 0.15) is 50.7 Å². The van der Waals surface area contributed by atoms with Crippen molar-refractivity contribution >= 4 is 46.4 Å². The zero-order valence-electron chi connectivity index (χ0n) is 40.3. The number of carbonyl (C=O) groups is 4. The molecule has 0 N–H and O–H groups in total. The summed E-state index contributed by atoms with van der Waals surface area (Å²) in [5, 5.41) is 37.4. The number of ether oxygens (including phenoxy) is 5. The van der Waals surface area contributed by atoms with Gasteiger partial charge in [0.25, 0.3) is 5.69 Å². The van der Waals surface area contributed by atoms with Crippen LogP contribution >= 0.6 is 0 Å². The largest absolute Gasteiger partial charge is 0.490 e. The van der Waals surface area contributed by atoms with Gasteiger partial charge in [-0.15, -0.1) is 0 Å². The van der Waals surface area contributed by atoms with Crippen LogP contribution in [-0.4, -0.2) is 74.7 Å². The van der Waals surface area contributed by atoms with Crippen molar-refractivity contribution in [2.45, 2.75) is 39.5 Å². The molecule has 6 aromatic rings. The van der Waals surface area contributed by atoms with E-state index in [4.69, 9.17) is 34.2 Å². The molecule has 0 amide bonds. The second-order valence-electron chi connectivity index (χ2n) is 16.4. The van der Waals surface area contributed by atoms with E-state index in [-0.39, 0.29) is 70.9 Å². The van der Waals surface area contributed by atoms with Gasteiger partial charge in [0, 0.05) is 37.2 Å². The number of likely N-dealkylation sites (N-methyl/N-ethyl adjacent to an activating group) is 1. The fourth-order valence-corrected chi connectivity index (χ4v) is 7.53. The Kier molecular flexibility index (Phi) is 19.4. The van der Waals surface area contributed by atoms with E-state index in [0.29, 0.717) is 40.5 Å². The van der Waals surface area contributed by atoms with E-state index in [2.05, 4.69) is 22.4 Å². The topological polar surface area (TPSA) is 233 Å². The molecule has 0 radical (unpaired) electrons. The number of nitro benzene ring substituents is 1. The number of ketones is 1. The highest BCUT2D eigenvalue weighted by molar-refractivity contribution is 6.03. The first-order valence-corrected chi connectivity index (χ1v) is 23.4. The predicted molar refractivity (Wildman–Crippen MR) is 270 cm³/mol. The normalized spacial score (nSPS) is 10.9. The van der Waals surface area contributed by atoms with Crippen LogP contribution in [0.5, 0.6) is 11.5 Å². The summed E-state index contributed by atoms with van der Waals surface area (Å²) < 4.78 is 28.1. The summed E-state index contributed by atoms with van der Waals surface area (Å²) in [6.07, 6.45) is -1.26. The number of hydrogen-bond donors (Lipinski definition) is 0. The van der Waals surface area contributed by atoms with Crippen LogP contribution in [-0.2, 0) is 33.4 Å². The zero-order chi connectivity index (χ0) is 52.0. The fraction of sp³-hybridized carbons (Fsp3) is 0.250. The number of nitrogens with zero attached hydrogens (tertiary/aromatic N) is 6. The van der Waals surface area contributed by atoms with Crippen molar-refractivity contribution in [2.24, 2.45) is 15.6 Å². The number of nitriles is 2. The van der Waals surface area contributed by atoms with Gasteiger partial charge in [-0.2, -0.15) is 20.8 Å². The second-order valence-corrected chi connectivity index (χ2v) is 16.4. The van der Waals surface area contributed by atoms with Gasteiger partial charge in [0.2, 0.25) is 0 Å². The average Bonchev–Trinajstić information content (AvgIpc) is 3.42. The lowest BCUT2D eigenvalue weighted by molar-refractivity contribution is -0.384. The molecule has 372 valence electrons. The molecule has 0 aliphatic rings. The summed E-state index contributed by atoms with van der Waals surface area (Å²) >= 11 is 0. The van der Waals surface area contributed by atoms with E-state index in [0.717, 1.165) is 27.9 Å². The summed E-state index contributed by atoms with van der Waals surface area (Å²) in [6, 6.07) is 45.9. The third-order valence-corrected chi connectivity index (χ3v) is 11.7. The van der Waals surface area contributed by atoms with Crippen molar-refractivity contribution in [3.8, 4) is 45.9 Å². The van der Waals surface area contributed by atoms with Gasteiger partial charge < -0.3 is 28.6 Å². The van der Waals surface area contributed by atoms with Crippen molar-refractivity contribution in [3.05, 3.63) is 167 Å². The lowest BCUT2D eigenvalue weighted by Crippen LogP contribution is -2.42. The van der Waals surface area contributed by atoms with Crippen LogP contribution in [0, 0.1) is 38.2 Å². The molecule has 0 saturated heterocycles. The number of Topliss-reactive ketones (excluding diaryl/α,β-unsaturated/α-hetero) is 1. The number of non-ortho nitro benzene ring substituents is 1. The number of benzene rings is 6. The Labute approximate surface area is 422 Å². The molecule has 0 heterocycles. The molecule has 0 saturated carbocycles. The van der Waals surface area contributed by atoms with E-state index >= 15 is 0 Å². The monoisotopic (exact) mass is 984 g/mol. The smallest absolute Gasteiger partial charge is 0.319 e. The number of hydrogen-bond acceptors (Lipinski definition) is 16. The summed E-state index contributed by atoms with van der Waals surface area (Å²) in [7, 11) is 0. The van der Waals surface area contributed by atoms with Crippen molar-refractivity contribution in [1.82, 2.24) is 0 Å². The van der Waals surface area contributed by atoms with Gasteiger partial charge in [-0.25, -0.2) is 0 Å². The molecule has 0 spiro atoms. The summed E-state index contributed by atoms with van der Waals surface area (Å²) in [5.74, 6) is -1.76. The van der Waals surface area contributed by atoms with Crippen LogP contribution in [0.3, 0.4) is 0 Å². The molecule has 0 unspecified atom stereocenters. The molecular weight excluding hydrogens is 933 g/mol. The standard InChI is InChI=1S/C56H52N6O11/c1-3-61(49-20-16-47(17-21-49)59-60-48-18-22-50(23-19-48)62(67)68)32-33-73-55(66)56(40(2)63,30-28-53(64)71-36-34-69-51-24-12-45(13-25-51)43-8-4-41(38-57)5-9-43)31-29-54(65)72-37-35-70-52-26-14-46(15-27-52)44-10-6-42(39-58)7-11-44/h4-27H,3,28-37H2,1-2H3/b60-59+. The van der Waals surface area contributed by atoms with Crippen LogP contribution in [0.2, 0.25) is 0 Å². The molecule has 6 aromatic carbocycles. The Hall–Kier alpha value is -9.22. The first-order valence-electron chi connectivity index (χ1n) is 23.4. The quantitative estimate of drug-likeness (QED) is 0.00935. The van der Waals surface area contributed by atoms with Gasteiger partial charge in [-0.1, -0.05) is 48.5 Å². The van der Waals surface area contributed by atoms with Crippen LogP contribution in [0.4, 0.5) is 22.7 Å². The maximum atomic E-state index is 14.1. The maximum Gasteiger partial charge on any atom is 0.319 e. The number of rotatable bonds is 26. The molecule has 17 nitrogen and oxygen atoms in total. The molecular formula is C56H52N6O11. The molecule has 0 fully saturated rings. The molecule has 0 bridgehead atoms. The average molecular weight is 985 g/mol. The van der Waals surface area contributed by atoms with Crippen LogP contribution in [0.15, 0.2) is 156 Å². The van der Waals surface area contributed by atoms with Gasteiger partial charge in [0.05, 0.1) is 46.1 Å². The minimum atomic E-state index is -1.88. The molecule has 0 aromatic heterocycles. The Balaban J connectivity index is 1.02. The van der Waals surface area contributed by atoms with E-state index in [1.165, 1.54) is 31.2 Å².